The van der Waals surface area contributed by atoms with Gasteiger partial charge in [-0.25, -0.2) is 4.98 Å². The Balaban J connectivity index is 2.22. The van der Waals surface area contributed by atoms with Crippen LogP contribution in [0.5, 0.6) is 0 Å². The lowest BCUT2D eigenvalue weighted by molar-refractivity contribution is -0.151. The molecule has 2 heterocycles. The quantitative estimate of drug-likeness (QED) is 0.754. The lowest BCUT2D eigenvalue weighted by Crippen LogP contribution is -2.49. The third-order valence-corrected chi connectivity index (χ3v) is 5.64. The van der Waals surface area contributed by atoms with Gasteiger partial charge in [-0.2, -0.15) is 0 Å². The van der Waals surface area contributed by atoms with Gasteiger partial charge < -0.3 is 15.3 Å². The zero-order valence-electron chi connectivity index (χ0n) is 15.4. The van der Waals surface area contributed by atoms with Crippen molar-refractivity contribution in [3.05, 3.63) is 22.2 Å². The predicted molar refractivity (Wildman–Crippen MR) is 100 cm³/mol. The number of nitrogens with zero attached hydrogens (tertiary/aromatic N) is 2. The van der Waals surface area contributed by atoms with Crippen LogP contribution in [-0.2, 0) is 4.79 Å². The van der Waals surface area contributed by atoms with E-state index in [-0.39, 0.29) is 12.5 Å². The molecular formula is C18H27N3O3S. The fourth-order valence-corrected chi connectivity index (χ4v) is 4.10. The monoisotopic (exact) mass is 365 g/mol. The summed E-state index contributed by atoms with van der Waals surface area (Å²) in [5.41, 5.74) is 0.897. The molecule has 1 aliphatic rings. The third-order valence-electron chi connectivity index (χ3n) is 4.54. The van der Waals surface area contributed by atoms with Crippen LogP contribution in [0.1, 0.15) is 55.4 Å². The Kier molecular flexibility index (Phi) is 6.21. The van der Waals surface area contributed by atoms with E-state index >= 15 is 0 Å². The smallest absolute Gasteiger partial charge is 0.311 e. The number of carboxylic acid groups (broad SMARTS) is 1. The highest BCUT2D eigenvalue weighted by Gasteiger charge is 2.43. The van der Waals surface area contributed by atoms with E-state index in [0.717, 1.165) is 17.2 Å². The number of aromatic nitrogens is 1. The highest BCUT2D eigenvalue weighted by molar-refractivity contribution is 7.17. The molecule has 1 saturated heterocycles. The van der Waals surface area contributed by atoms with Crippen molar-refractivity contribution in [3.8, 4) is 0 Å². The summed E-state index contributed by atoms with van der Waals surface area (Å²) in [6.07, 6.45) is 3.72. The van der Waals surface area contributed by atoms with Crippen LogP contribution in [0.2, 0.25) is 0 Å². The molecule has 138 valence electrons. The number of carbonyl (C=O) groups is 2. The SMILES string of the molecule is CCNc1nc(C)c(C(=O)N2CCC[C@](CC=C(C)C)(C(=O)O)C2)s1. The number of hydrogen-bond acceptors (Lipinski definition) is 5. The summed E-state index contributed by atoms with van der Waals surface area (Å²) in [5, 5.41) is 13.7. The van der Waals surface area contributed by atoms with Crippen molar-refractivity contribution in [2.24, 2.45) is 5.41 Å². The second-order valence-corrected chi connectivity index (χ2v) is 7.86. The molecule has 0 unspecified atom stereocenters. The lowest BCUT2D eigenvalue weighted by atomic mass is 9.76. The van der Waals surface area contributed by atoms with Crippen molar-refractivity contribution in [2.45, 2.75) is 47.0 Å². The van der Waals surface area contributed by atoms with Crippen molar-refractivity contribution in [2.75, 3.05) is 25.0 Å². The minimum atomic E-state index is -0.895. The van der Waals surface area contributed by atoms with Crippen LogP contribution in [0.3, 0.4) is 0 Å². The second-order valence-electron chi connectivity index (χ2n) is 6.87. The van der Waals surface area contributed by atoms with Crippen LogP contribution in [-0.4, -0.2) is 46.5 Å². The number of anilines is 1. The van der Waals surface area contributed by atoms with Crippen LogP contribution < -0.4 is 5.32 Å². The maximum Gasteiger partial charge on any atom is 0.311 e. The van der Waals surface area contributed by atoms with Crippen molar-refractivity contribution in [1.29, 1.82) is 0 Å². The second kappa shape index (κ2) is 7.99. The van der Waals surface area contributed by atoms with Gasteiger partial charge >= 0.3 is 5.97 Å². The standard InChI is InChI=1S/C18H27N3O3S/c1-5-19-17-20-13(4)14(25-17)15(22)21-10-6-8-18(11-21,16(23)24)9-7-12(2)3/h7H,5-6,8-11H2,1-4H3,(H,19,20)(H,23,24)/t18-/m1/s1. The van der Waals surface area contributed by atoms with Crippen molar-refractivity contribution < 1.29 is 14.7 Å². The zero-order chi connectivity index (χ0) is 18.6. The summed E-state index contributed by atoms with van der Waals surface area (Å²) in [6.45, 7) is 9.31. The molecule has 1 aromatic heterocycles. The summed E-state index contributed by atoms with van der Waals surface area (Å²) < 4.78 is 0. The van der Waals surface area contributed by atoms with Gasteiger partial charge in [0.25, 0.3) is 5.91 Å². The number of thiazole rings is 1. The average molecular weight is 365 g/mol. The van der Waals surface area contributed by atoms with Crippen LogP contribution in [0.25, 0.3) is 0 Å². The van der Waals surface area contributed by atoms with Gasteiger partial charge in [0.05, 0.1) is 11.1 Å². The van der Waals surface area contributed by atoms with Gasteiger partial charge in [0, 0.05) is 19.6 Å². The lowest BCUT2D eigenvalue weighted by Gasteiger charge is -2.39. The highest BCUT2D eigenvalue weighted by Crippen LogP contribution is 2.36. The Bertz CT molecular complexity index is 679. The van der Waals surface area contributed by atoms with E-state index in [9.17, 15) is 14.7 Å². The number of piperidine rings is 1. The molecule has 1 aliphatic heterocycles. The van der Waals surface area contributed by atoms with Gasteiger partial charge in [0.15, 0.2) is 5.13 Å². The average Bonchev–Trinajstić information content (AvgIpc) is 2.93. The zero-order valence-corrected chi connectivity index (χ0v) is 16.2. The summed E-state index contributed by atoms with van der Waals surface area (Å²) in [4.78, 5) is 31.6. The normalized spacial score (nSPS) is 20.2. The summed E-state index contributed by atoms with van der Waals surface area (Å²) in [5.74, 6) is -0.932. The Morgan fingerprint density at radius 2 is 2.16 bits per heavy atom. The van der Waals surface area contributed by atoms with Gasteiger partial charge in [0.2, 0.25) is 0 Å². The van der Waals surface area contributed by atoms with Gasteiger partial charge in [-0.1, -0.05) is 23.0 Å². The van der Waals surface area contributed by atoms with Crippen LogP contribution >= 0.6 is 11.3 Å². The van der Waals surface area contributed by atoms with E-state index in [2.05, 4.69) is 10.3 Å². The number of nitrogens with one attached hydrogen (secondary N) is 1. The molecule has 7 heteroatoms. The number of amides is 1. The first kappa shape index (κ1) is 19.4. The fraction of sp³-hybridized carbons (Fsp3) is 0.611. The van der Waals surface area contributed by atoms with E-state index in [0.29, 0.717) is 36.4 Å². The number of hydrogen-bond donors (Lipinski definition) is 2. The maximum absolute atomic E-state index is 12.9. The number of allylic oxidation sites excluding steroid dienone is 2. The maximum atomic E-state index is 12.9. The molecule has 0 saturated carbocycles. The molecule has 0 spiro atoms. The van der Waals surface area contributed by atoms with Crippen molar-refractivity contribution >= 4 is 28.3 Å². The van der Waals surface area contributed by atoms with E-state index < -0.39 is 11.4 Å². The molecule has 25 heavy (non-hydrogen) atoms. The van der Waals surface area contributed by atoms with Crippen LogP contribution in [0.4, 0.5) is 5.13 Å². The largest absolute Gasteiger partial charge is 0.481 e. The molecule has 0 aliphatic carbocycles. The first-order valence-corrected chi connectivity index (χ1v) is 9.48. The molecule has 2 rings (SSSR count). The Labute approximate surface area is 152 Å². The summed E-state index contributed by atoms with van der Waals surface area (Å²) >= 11 is 1.34. The molecule has 1 aromatic rings. The summed E-state index contributed by atoms with van der Waals surface area (Å²) in [6, 6.07) is 0. The highest BCUT2D eigenvalue weighted by atomic mass is 32.1. The molecular weight excluding hydrogens is 338 g/mol. The molecule has 1 atom stereocenters. The number of aryl methyl sites for hydroxylation is 1. The predicted octanol–water partition coefficient (Wildman–Crippen LogP) is 3.55. The molecule has 1 fully saturated rings. The molecule has 0 radical (unpaired) electrons. The minimum absolute atomic E-state index is 0.110. The Morgan fingerprint density at radius 1 is 1.44 bits per heavy atom. The number of rotatable bonds is 6. The van der Waals surface area contributed by atoms with Gasteiger partial charge in [0.1, 0.15) is 4.88 Å². The number of likely N-dealkylation sites (tertiary alicyclic amines) is 1. The van der Waals surface area contributed by atoms with Gasteiger partial charge in [-0.05, 0) is 47.0 Å². The molecule has 2 N–H and O–H groups in total. The molecule has 1 amide bonds. The summed E-state index contributed by atoms with van der Waals surface area (Å²) in [7, 11) is 0. The van der Waals surface area contributed by atoms with E-state index in [1.54, 1.807) is 4.90 Å². The molecule has 0 bridgehead atoms. The van der Waals surface area contributed by atoms with Crippen molar-refractivity contribution in [1.82, 2.24) is 9.88 Å². The first-order valence-electron chi connectivity index (χ1n) is 8.66. The Morgan fingerprint density at radius 3 is 2.76 bits per heavy atom. The van der Waals surface area contributed by atoms with Gasteiger partial charge in [-0.15, -0.1) is 0 Å². The topological polar surface area (TPSA) is 82.5 Å². The van der Waals surface area contributed by atoms with Crippen LogP contribution in [0.15, 0.2) is 11.6 Å². The number of carboxylic acids is 1. The van der Waals surface area contributed by atoms with E-state index in [4.69, 9.17) is 0 Å². The van der Waals surface area contributed by atoms with E-state index in [1.165, 1.54) is 11.3 Å². The number of aliphatic carboxylic acids is 1. The molecule has 6 nitrogen and oxygen atoms in total. The number of carbonyl (C=O) groups excluding carboxylic acids is 1. The van der Waals surface area contributed by atoms with Crippen molar-refractivity contribution in [3.63, 3.8) is 0 Å². The van der Waals surface area contributed by atoms with Gasteiger partial charge in [-0.3, -0.25) is 9.59 Å². The third kappa shape index (κ3) is 4.39. The minimum Gasteiger partial charge on any atom is -0.481 e. The van der Waals surface area contributed by atoms with Crippen LogP contribution in [0, 0.1) is 12.3 Å². The van der Waals surface area contributed by atoms with E-state index in [1.807, 2.05) is 33.8 Å². The fourth-order valence-electron chi connectivity index (χ4n) is 3.10. The molecule has 0 aromatic carbocycles. The Hall–Kier alpha value is -1.89. The first-order chi connectivity index (χ1) is 11.8.